The van der Waals surface area contributed by atoms with Crippen molar-refractivity contribution in [3.8, 4) is 0 Å². The van der Waals surface area contributed by atoms with E-state index in [9.17, 15) is 9.59 Å². The molecule has 1 amide bonds. The number of rotatable bonds is 4. The first-order chi connectivity index (χ1) is 8.00. The molecular formula is C11H15N3O3. The molecule has 2 rings (SSSR count). The summed E-state index contributed by atoms with van der Waals surface area (Å²) in [6.07, 6.45) is 3.94. The lowest BCUT2D eigenvalue weighted by Crippen LogP contribution is -2.29. The summed E-state index contributed by atoms with van der Waals surface area (Å²) >= 11 is 0. The largest absolute Gasteiger partial charge is 0.481 e. The van der Waals surface area contributed by atoms with Gasteiger partial charge in [-0.3, -0.25) is 9.59 Å². The van der Waals surface area contributed by atoms with Crippen LogP contribution in [0.15, 0.2) is 12.4 Å². The highest BCUT2D eigenvalue weighted by Gasteiger charge is 2.49. The Morgan fingerprint density at radius 2 is 2.29 bits per heavy atom. The Morgan fingerprint density at radius 1 is 1.59 bits per heavy atom. The Labute approximate surface area is 98.9 Å². The van der Waals surface area contributed by atoms with Gasteiger partial charge in [-0.2, -0.15) is 0 Å². The number of amides is 1. The van der Waals surface area contributed by atoms with E-state index in [0.717, 1.165) is 5.82 Å². The maximum Gasteiger partial charge on any atom is 0.307 e. The van der Waals surface area contributed by atoms with Crippen molar-refractivity contribution in [1.29, 1.82) is 0 Å². The van der Waals surface area contributed by atoms with E-state index in [1.807, 2.05) is 17.8 Å². The maximum absolute atomic E-state index is 11.9. The molecule has 1 saturated carbocycles. The second kappa shape index (κ2) is 4.20. The van der Waals surface area contributed by atoms with Crippen molar-refractivity contribution in [2.75, 3.05) is 7.05 Å². The lowest BCUT2D eigenvalue weighted by atomic mass is 10.3. The molecule has 17 heavy (non-hydrogen) atoms. The molecule has 6 nitrogen and oxygen atoms in total. The van der Waals surface area contributed by atoms with E-state index in [0.29, 0.717) is 13.0 Å². The number of carbonyl (C=O) groups is 2. The van der Waals surface area contributed by atoms with E-state index in [4.69, 9.17) is 5.11 Å². The van der Waals surface area contributed by atoms with E-state index in [-0.39, 0.29) is 11.8 Å². The molecule has 2 atom stereocenters. The summed E-state index contributed by atoms with van der Waals surface area (Å²) in [5.41, 5.74) is 0. The molecule has 1 fully saturated rings. The van der Waals surface area contributed by atoms with Crippen molar-refractivity contribution >= 4 is 11.9 Å². The van der Waals surface area contributed by atoms with Gasteiger partial charge in [0.2, 0.25) is 5.91 Å². The van der Waals surface area contributed by atoms with Gasteiger partial charge in [0.25, 0.3) is 0 Å². The maximum atomic E-state index is 11.9. The van der Waals surface area contributed by atoms with Gasteiger partial charge in [-0.05, 0) is 6.42 Å². The van der Waals surface area contributed by atoms with Gasteiger partial charge in [-0.25, -0.2) is 4.98 Å². The van der Waals surface area contributed by atoms with Crippen molar-refractivity contribution in [1.82, 2.24) is 14.5 Å². The number of aliphatic carboxylic acids is 1. The minimum absolute atomic E-state index is 0.111. The van der Waals surface area contributed by atoms with E-state index in [1.165, 1.54) is 4.90 Å². The highest BCUT2D eigenvalue weighted by molar-refractivity contribution is 5.89. The van der Waals surface area contributed by atoms with Crippen LogP contribution in [0.5, 0.6) is 0 Å². The first kappa shape index (κ1) is 11.6. The Bertz CT molecular complexity index is 455. The molecule has 1 aromatic rings. The monoisotopic (exact) mass is 237 g/mol. The molecule has 0 spiro atoms. The first-order valence-electron chi connectivity index (χ1n) is 5.44. The molecular weight excluding hydrogens is 222 g/mol. The van der Waals surface area contributed by atoms with Crippen LogP contribution in [0.3, 0.4) is 0 Å². The number of carboxylic acid groups (broad SMARTS) is 1. The first-order valence-corrected chi connectivity index (χ1v) is 5.44. The van der Waals surface area contributed by atoms with E-state index < -0.39 is 11.9 Å². The third-order valence-electron chi connectivity index (χ3n) is 3.10. The third-order valence-corrected chi connectivity index (χ3v) is 3.10. The average Bonchev–Trinajstić information content (AvgIpc) is 2.98. The number of aryl methyl sites for hydroxylation is 1. The van der Waals surface area contributed by atoms with Crippen molar-refractivity contribution in [3.05, 3.63) is 18.2 Å². The zero-order chi connectivity index (χ0) is 12.6. The van der Waals surface area contributed by atoms with Crippen LogP contribution in [0.2, 0.25) is 0 Å². The molecule has 0 saturated heterocycles. The van der Waals surface area contributed by atoms with Crippen molar-refractivity contribution in [2.24, 2.45) is 18.9 Å². The second-order valence-corrected chi connectivity index (χ2v) is 4.44. The minimum Gasteiger partial charge on any atom is -0.481 e. The number of hydrogen-bond acceptors (Lipinski definition) is 3. The molecule has 0 aliphatic heterocycles. The molecule has 0 bridgehead atoms. The molecule has 0 aromatic carbocycles. The lowest BCUT2D eigenvalue weighted by molar-refractivity contribution is -0.141. The molecule has 2 unspecified atom stereocenters. The SMILES string of the molecule is CN(Cc1nccn1C)C(=O)C1CC1C(=O)O. The van der Waals surface area contributed by atoms with E-state index in [1.54, 1.807) is 13.2 Å². The normalized spacial score (nSPS) is 22.2. The Morgan fingerprint density at radius 3 is 2.76 bits per heavy atom. The predicted octanol–water partition coefficient (Wildman–Crippen LogP) is 0.0992. The third kappa shape index (κ3) is 2.30. The summed E-state index contributed by atoms with van der Waals surface area (Å²) in [5, 5.41) is 8.77. The highest BCUT2D eigenvalue weighted by atomic mass is 16.4. The summed E-state index contributed by atoms with van der Waals surface area (Å²) < 4.78 is 1.84. The quantitative estimate of drug-likeness (QED) is 0.805. The van der Waals surface area contributed by atoms with Crippen molar-refractivity contribution in [2.45, 2.75) is 13.0 Å². The van der Waals surface area contributed by atoms with Gasteiger partial charge in [-0.15, -0.1) is 0 Å². The van der Waals surface area contributed by atoms with Gasteiger partial charge < -0.3 is 14.6 Å². The molecule has 1 N–H and O–H groups in total. The second-order valence-electron chi connectivity index (χ2n) is 4.44. The van der Waals surface area contributed by atoms with Crippen LogP contribution < -0.4 is 0 Å². The number of hydrogen-bond donors (Lipinski definition) is 1. The van der Waals surface area contributed by atoms with Gasteiger partial charge in [0.1, 0.15) is 5.82 Å². The zero-order valence-corrected chi connectivity index (χ0v) is 9.83. The van der Waals surface area contributed by atoms with Gasteiger partial charge in [0.15, 0.2) is 0 Å². The van der Waals surface area contributed by atoms with Crippen LogP contribution >= 0.6 is 0 Å². The fourth-order valence-electron chi connectivity index (χ4n) is 1.86. The molecule has 0 radical (unpaired) electrons. The van der Waals surface area contributed by atoms with Gasteiger partial charge in [-0.1, -0.05) is 0 Å². The van der Waals surface area contributed by atoms with Crippen molar-refractivity contribution < 1.29 is 14.7 Å². The standard InChI is InChI=1S/C11H15N3O3/c1-13-4-3-12-9(13)6-14(2)10(15)7-5-8(7)11(16)17/h3-4,7-8H,5-6H2,1-2H3,(H,16,17). The molecule has 1 aliphatic carbocycles. The smallest absolute Gasteiger partial charge is 0.307 e. The summed E-state index contributed by atoms with van der Waals surface area (Å²) in [4.78, 5) is 28.2. The number of aromatic nitrogens is 2. The summed E-state index contributed by atoms with van der Waals surface area (Å²) in [5.74, 6) is -1.05. The van der Waals surface area contributed by atoms with Crippen LogP contribution in [-0.2, 0) is 23.2 Å². The summed E-state index contributed by atoms with van der Waals surface area (Å²) in [6.45, 7) is 0.408. The minimum atomic E-state index is -0.881. The zero-order valence-electron chi connectivity index (χ0n) is 9.83. The van der Waals surface area contributed by atoms with Crippen LogP contribution in [-0.4, -0.2) is 38.5 Å². The number of carboxylic acids is 1. The lowest BCUT2D eigenvalue weighted by Gasteiger charge is -2.16. The highest BCUT2D eigenvalue weighted by Crippen LogP contribution is 2.39. The molecule has 1 aliphatic rings. The number of nitrogens with zero attached hydrogens (tertiary/aromatic N) is 3. The fourth-order valence-corrected chi connectivity index (χ4v) is 1.86. The molecule has 92 valence electrons. The van der Waals surface area contributed by atoms with E-state index >= 15 is 0 Å². The Balaban J connectivity index is 1.93. The Kier molecular flexibility index (Phi) is 2.87. The molecule has 1 heterocycles. The molecule has 1 aromatic heterocycles. The number of carbonyl (C=O) groups excluding carboxylic acids is 1. The summed E-state index contributed by atoms with van der Waals surface area (Å²) in [7, 11) is 3.53. The Hall–Kier alpha value is -1.85. The fraction of sp³-hybridized carbons (Fsp3) is 0.545. The number of imidazole rings is 1. The van der Waals surface area contributed by atoms with Crippen LogP contribution in [0.25, 0.3) is 0 Å². The summed E-state index contributed by atoms with van der Waals surface area (Å²) in [6, 6.07) is 0. The van der Waals surface area contributed by atoms with Crippen molar-refractivity contribution in [3.63, 3.8) is 0 Å². The van der Waals surface area contributed by atoms with Crippen LogP contribution in [0.1, 0.15) is 12.2 Å². The average molecular weight is 237 g/mol. The van der Waals surface area contributed by atoms with Crippen LogP contribution in [0, 0.1) is 11.8 Å². The van der Waals surface area contributed by atoms with Gasteiger partial charge in [0.05, 0.1) is 18.4 Å². The van der Waals surface area contributed by atoms with E-state index in [2.05, 4.69) is 4.98 Å². The van der Waals surface area contributed by atoms with Gasteiger partial charge >= 0.3 is 5.97 Å². The van der Waals surface area contributed by atoms with Gasteiger partial charge in [0, 0.05) is 26.5 Å². The predicted molar refractivity (Wildman–Crippen MR) is 58.9 cm³/mol. The van der Waals surface area contributed by atoms with Crippen LogP contribution in [0.4, 0.5) is 0 Å². The topological polar surface area (TPSA) is 75.4 Å². The molecule has 6 heteroatoms.